The van der Waals surface area contributed by atoms with E-state index in [2.05, 4.69) is 24.6 Å². The van der Waals surface area contributed by atoms with Gasteiger partial charge in [-0.1, -0.05) is 25.2 Å². The van der Waals surface area contributed by atoms with Crippen molar-refractivity contribution in [3.8, 4) is 0 Å². The van der Waals surface area contributed by atoms with Gasteiger partial charge in [-0.25, -0.2) is 4.39 Å². The highest BCUT2D eigenvalue weighted by Gasteiger charge is 2.13. The summed E-state index contributed by atoms with van der Waals surface area (Å²) in [5, 5.41) is 0.594. The van der Waals surface area contributed by atoms with Crippen molar-refractivity contribution >= 4 is 25.1 Å². The number of hydrogen-bond donors (Lipinski definition) is 0. The van der Waals surface area contributed by atoms with Crippen LogP contribution in [0.1, 0.15) is 19.5 Å². The lowest BCUT2D eigenvalue weighted by Gasteiger charge is -2.16. The molecule has 22 heavy (non-hydrogen) atoms. The summed E-state index contributed by atoms with van der Waals surface area (Å²) in [6, 6.07) is 2.91. The minimum atomic E-state index is -1.09. The van der Waals surface area contributed by atoms with E-state index in [1.54, 1.807) is 6.07 Å². The first-order chi connectivity index (χ1) is 10.3. The molecule has 0 saturated heterocycles. The SMILES string of the molecule is CC(C)=Cc1ncc(F)c2ccn(COCC[Si](C)(C)C)c12. The number of rotatable bonds is 6. The molecule has 5 heteroatoms. The number of allylic oxidation sites excluding steroid dienone is 1. The van der Waals surface area contributed by atoms with Crippen LogP contribution in [0.25, 0.3) is 17.0 Å². The summed E-state index contributed by atoms with van der Waals surface area (Å²) in [5.74, 6) is -0.290. The van der Waals surface area contributed by atoms with Gasteiger partial charge in [0.05, 0.1) is 17.4 Å². The van der Waals surface area contributed by atoms with Crippen LogP contribution in [-0.2, 0) is 11.5 Å². The Morgan fingerprint density at radius 3 is 2.73 bits per heavy atom. The van der Waals surface area contributed by atoms with Crippen molar-refractivity contribution in [2.45, 2.75) is 46.3 Å². The molecule has 0 bridgehead atoms. The highest BCUT2D eigenvalue weighted by molar-refractivity contribution is 6.76. The fourth-order valence-electron chi connectivity index (χ4n) is 2.24. The van der Waals surface area contributed by atoms with Gasteiger partial charge in [-0.15, -0.1) is 0 Å². The standard InChI is InChI=1S/C17H25FN2OSi/c1-13(2)10-16-17-14(15(18)11-19-16)6-7-20(17)12-21-8-9-22(3,4)5/h6-7,10-11H,8-9,12H2,1-5H3. The maximum Gasteiger partial charge on any atom is 0.150 e. The highest BCUT2D eigenvalue weighted by Crippen LogP contribution is 2.23. The van der Waals surface area contributed by atoms with Crippen molar-refractivity contribution in [2.75, 3.05) is 6.61 Å². The average Bonchev–Trinajstić information content (AvgIpc) is 2.82. The minimum Gasteiger partial charge on any atom is -0.361 e. The molecule has 0 aliphatic rings. The van der Waals surface area contributed by atoms with Crippen molar-refractivity contribution in [3.63, 3.8) is 0 Å². The highest BCUT2D eigenvalue weighted by atomic mass is 28.3. The topological polar surface area (TPSA) is 27.1 Å². The van der Waals surface area contributed by atoms with Gasteiger partial charge < -0.3 is 9.30 Å². The summed E-state index contributed by atoms with van der Waals surface area (Å²) in [5.41, 5.74) is 2.72. The van der Waals surface area contributed by atoms with Crippen LogP contribution in [0.2, 0.25) is 25.7 Å². The first-order valence-corrected chi connectivity index (χ1v) is 11.3. The van der Waals surface area contributed by atoms with E-state index in [-0.39, 0.29) is 5.82 Å². The molecule has 0 radical (unpaired) electrons. The Labute approximate surface area is 132 Å². The predicted molar refractivity (Wildman–Crippen MR) is 93.1 cm³/mol. The fourth-order valence-corrected chi connectivity index (χ4v) is 2.99. The molecular weight excluding hydrogens is 295 g/mol. The second-order valence-electron chi connectivity index (χ2n) is 7.11. The number of aromatic nitrogens is 2. The monoisotopic (exact) mass is 320 g/mol. The number of pyridine rings is 1. The normalized spacial score (nSPS) is 11.9. The van der Waals surface area contributed by atoms with Crippen molar-refractivity contribution in [1.82, 2.24) is 9.55 Å². The van der Waals surface area contributed by atoms with Gasteiger partial charge in [0.15, 0.2) is 5.82 Å². The minimum absolute atomic E-state index is 0.290. The quantitative estimate of drug-likeness (QED) is 0.558. The molecule has 0 N–H and O–H groups in total. The third-order valence-corrected chi connectivity index (χ3v) is 5.14. The second-order valence-corrected chi connectivity index (χ2v) is 12.7. The van der Waals surface area contributed by atoms with Gasteiger partial charge in [0, 0.05) is 26.3 Å². The lowest BCUT2D eigenvalue weighted by atomic mass is 10.2. The summed E-state index contributed by atoms with van der Waals surface area (Å²) in [6.45, 7) is 12.2. The molecule has 2 aromatic heterocycles. The molecule has 3 nitrogen and oxygen atoms in total. The molecule has 2 heterocycles. The molecule has 0 spiro atoms. The second kappa shape index (κ2) is 6.75. The van der Waals surface area contributed by atoms with Crippen LogP contribution in [0.15, 0.2) is 24.0 Å². The van der Waals surface area contributed by atoms with Crippen molar-refractivity contribution in [2.24, 2.45) is 0 Å². The Morgan fingerprint density at radius 2 is 2.09 bits per heavy atom. The summed E-state index contributed by atoms with van der Waals surface area (Å²) >= 11 is 0. The van der Waals surface area contributed by atoms with Gasteiger partial charge >= 0.3 is 0 Å². The van der Waals surface area contributed by atoms with Crippen molar-refractivity contribution in [1.29, 1.82) is 0 Å². The van der Waals surface area contributed by atoms with Gasteiger partial charge in [0.2, 0.25) is 0 Å². The lowest BCUT2D eigenvalue weighted by Crippen LogP contribution is -2.22. The van der Waals surface area contributed by atoms with Gasteiger partial charge in [0.25, 0.3) is 0 Å². The zero-order valence-corrected chi connectivity index (χ0v) is 15.1. The molecule has 0 aliphatic carbocycles. The van der Waals surface area contributed by atoms with Crippen LogP contribution < -0.4 is 0 Å². The molecule has 0 unspecified atom stereocenters. The largest absolute Gasteiger partial charge is 0.361 e. The Morgan fingerprint density at radius 1 is 1.36 bits per heavy atom. The number of fused-ring (bicyclic) bond motifs is 1. The van der Waals surface area contributed by atoms with E-state index in [0.717, 1.165) is 29.4 Å². The van der Waals surface area contributed by atoms with Gasteiger partial charge in [0.1, 0.15) is 6.73 Å². The molecule has 2 aromatic rings. The molecule has 0 atom stereocenters. The molecule has 0 fully saturated rings. The predicted octanol–water partition coefficient (Wildman–Crippen LogP) is 4.91. The Kier molecular flexibility index (Phi) is 5.18. The zero-order valence-electron chi connectivity index (χ0n) is 14.1. The number of nitrogens with zero attached hydrogens (tertiary/aromatic N) is 2. The Balaban J connectivity index is 2.23. The zero-order chi connectivity index (χ0) is 16.3. The van der Waals surface area contributed by atoms with Crippen LogP contribution in [0.3, 0.4) is 0 Å². The van der Waals surface area contributed by atoms with Crippen LogP contribution in [-0.4, -0.2) is 24.2 Å². The Hall–Kier alpha value is -1.46. The molecule has 120 valence electrons. The first kappa shape index (κ1) is 16.9. The maximum atomic E-state index is 13.9. The molecular formula is C17H25FN2OSi. The molecule has 0 aliphatic heterocycles. The molecule has 2 rings (SSSR count). The van der Waals surface area contributed by atoms with Crippen LogP contribution in [0.4, 0.5) is 4.39 Å². The molecule has 0 amide bonds. The third-order valence-electron chi connectivity index (χ3n) is 3.43. The van der Waals surface area contributed by atoms with Gasteiger partial charge in [-0.05, 0) is 32.0 Å². The fraction of sp³-hybridized carbons (Fsp3) is 0.471. The number of halogens is 1. The van der Waals surface area contributed by atoms with E-state index < -0.39 is 8.07 Å². The van der Waals surface area contributed by atoms with E-state index in [1.807, 2.05) is 30.7 Å². The first-order valence-electron chi connectivity index (χ1n) is 7.64. The van der Waals surface area contributed by atoms with Crippen LogP contribution in [0, 0.1) is 5.82 Å². The summed E-state index contributed by atoms with van der Waals surface area (Å²) < 4.78 is 21.7. The smallest absolute Gasteiger partial charge is 0.150 e. The molecule has 0 aromatic carbocycles. The maximum absolute atomic E-state index is 13.9. The summed E-state index contributed by atoms with van der Waals surface area (Å²) in [4.78, 5) is 4.23. The number of hydrogen-bond acceptors (Lipinski definition) is 2. The van der Waals surface area contributed by atoms with Crippen LogP contribution in [0.5, 0.6) is 0 Å². The summed E-state index contributed by atoms with van der Waals surface area (Å²) in [7, 11) is -1.09. The van der Waals surface area contributed by atoms with Gasteiger partial charge in [-0.3, -0.25) is 4.98 Å². The van der Waals surface area contributed by atoms with E-state index in [4.69, 9.17) is 4.74 Å². The van der Waals surface area contributed by atoms with Gasteiger partial charge in [-0.2, -0.15) is 0 Å². The Bertz CT molecular complexity index is 682. The third kappa shape index (κ3) is 4.27. The van der Waals surface area contributed by atoms with E-state index in [1.165, 1.54) is 6.20 Å². The summed E-state index contributed by atoms with van der Waals surface area (Å²) in [6.07, 6.45) is 5.13. The molecule has 0 saturated carbocycles. The van der Waals surface area contributed by atoms with E-state index >= 15 is 0 Å². The van der Waals surface area contributed by atoms with Crippen molar-refractivity contribution in [3.05, 3.63) is 35.5 Å². The van der Waals surface area contributed by atoms with E-state index in [9.17, 15) is 4.39 Å². The van der Waals surface area contributed by atoms with E-state index in [0.29, 0.717) is 12.1 Å². The number of ether oxygens (including phenoxy) is 1. The average molecular weight is 320 g/mol. The lowest BCUT2D eigenvalue weighted by molar-refractivity contribution is 0.0902. The van der Waals surface area contributed by atoms with Crippen molar-refractivity contribution < 1.29 is 9.13 Å². The van der Waals surface area contributed by atoms with Crippen LogP contribution >= 0.6 is 0 Å².